The minimum Gasteiger partial charge on any atom is -0.339 e. The Morgan fingerprint density at radius 2 is 1.77 bits per heavy atom. The minimum absolute atomic E-state index is 0.0104. The predicted molar refractivity (Wildman–Crippen MR) is 110 cm³/mol. The molecular weight excluding hydrogens is 391 g/mol. The summed E-state index contributed by atoms with van der Waals surface area (Å²) in [6, 6.07) is 15.7. The maximum atomic E-state index is 13.5. The van der Waals surface area contributed by atoms with Crippen molar-refractivity contribution in [2.75, 3.05) is 10.6 Å². The molecule has 30 heavy (non-hydrogen) atoms. The molecule has 1 heterocycles. The van der Waals surface area contributed by atoms with E-state index >= 15 is 0 Å². The van der Waals surface area contributed by atoms with Crippen LogP contribution in [0.4, 0.5) is 36.3 Å². The molecule has 8 heteroatoms. The fourth-order valence-corrected chi connectivity index (χ4v) is 2.89. The standard InChI is InChI=1S/C22H20F3N5/c1-3-14(2)17-6-4-5-7-19(17)29-20-18(22(23,24)25)13-27-21(30-20)28-16-10-8-15(12-26)9-11-16/h4-11,13-14H,3H2,1-2H3,(H2,27,28,29,30). The van der Waals surface area contributed by atoms with Crippen LogP contribution in [0.2, 0.25) is 0 Å². The van der Waals surface area contributed by atoms with Gasteiger partial charge < -0.3 is 10.6 Å². The molecule has 2 N–H and O–H groups in total. The maximum Gasteiger partial charge on any atom is 0.421 e. The van der Waals surface area contributed by atoms with Crippen LogP contribution in [0.3, 0.4) is 0 Å². The lowest BCUT2D eigenvalue weighted by Crippen LogP contribution is -2.13. The Bertz CT molecular complexity index is 1060. The van der Waals surface area contributed by atoms with E-state index in [9.17, 15) is 13.2 Å². The third-order valence-electron chi connectivity index (χ3n) is 4.72. The van der Waals surface area contributed by atoms with Crippen LogP contribution in [-0.4, -0.2) is 9.97 Å². The molecule has 5 nitrogen and oxygen atoms in total. The van der Waals surface area contributed by atoms with Gasteiger partial charge in [-0.05, 0) is 48.2 Å². The van der Waals surface area contributed by atoms with Gasteiger partial charge in [0.05, 0.1) is 11.6 Å². The first kappa shape index (κ1) is 21.1. The number of halogens is 3. The summed E-state index contributed by atoms with van der Waals surface area (Å²) in [5.74, 6) is -0.151. The lowest BCUT2D eigenvalue weighted by atomic mass is 9.97. The van der Waals surface area contributed by atoms with Crippen LogP contribution in [-0.2, 0) is 6.18 Å². The van der Waals surface area contributed by atoms with E-state index in [2.05, 4.69) is 20.6 Å². The summed E-state index contributed by atoms with van der Waals surface area (Å²) in [5, 5.41) is 14.6. The van der Waals surface area contributed by atoms with Crippen LogP contribution in [0.5, 0.6) is 0 Å². The van der Waals surface area contributed by atoms with Crippen molar-refractivity contribution in [3.05, 3.63) is 71.4 Å². The minimum atomic E-state index is -4.61. The molecule has 0 aliphatic heterocycles. The monoisotopic (exact) mass is 411 g/mol. The predicted octanol–water partition coefficient (Wildman–Crippen LogP) is 6.37. The molecule has 2 aromatic carbocycles. The van der Waals surface area contributed by atoms with E-state index in [1.54, 1.807) is 36.4 Å². The third-order valence-corrected chi connectivity index (χ3v) is 4.72. The van der Waals surface area contributed by atoms with E-state index in [1.807, 2.05) is 32.0 Å². The normalized spacial score (nSPS) is 12.1. The number of nitriles is 1. The van der Waals surface area contributed by atoms with Gasteiger partial charge in [-0.3, -0.25) is 0 Å². The fourth-order valence-electron chi connectivity index (χ4n) is 2.89. The average Bonchev–Trinajstić information content (AvgIpc) is 2.73. The van der Waals surface area contributed by atoms with Gasteiger partial charge in [-0.1, -0.05) is 32.0 Å². The van der Waals surface area contributed by atoms with Crippen molar-refractivity contribution in [1.29, 1.82) is 5.26 Å². The average molecular weight is 411 g/mol. The summed E-state index contributed by atoms with van der Waals surface area (Å²) in [4.78, 5) is 7.89. The van der Waals surface area contributed by atoms with E-state index in [0.717, 1.165) is 18.2 Å². The van der Waals surface area contributed by atoms with Crippen molar-refractivity contribution in [3.63, 3.8) is 0 Å². The molecule has 0 aliphatic rings. The Balaban J connectivity index is 1.97. The Morgan fingerprint density at radius 1 is 1.07 bits per heavy atom. The highest BCUT2D eigenvalue weighted by Crippen LogP contribution is 2.37. The third kappa shape index (κ3) is 4.87. The molecule has 0 amide bonds. The summed E-state index contributed by atoms with van der Waals surface area (Å²) in [7, 11) is 0. The number of rotatable bonds is 6. The smallest absolute Gasteiger partial charge is 0.339 e. The molecule has 0 aliphatic carbocycles. The summed E-state index contributed by atoms with van der Waals surface area (Å²) in [5.41, 5.74) is 1.55. The molecule has 1 unspecified atom stereocenters. The lowest BCUT2D eigenvalue weighted by Gasteiger charge is -2.19. The second-order valence-electron chi connectivity index (χ2n) is 6.79. The number of alkyl halides is 3. The zero-order valence-electron chi connectivity index (χ0n) is 16.5. The number of nitrogens with one attached hydrogen (secondary N) is 2. The van der Waals surface area contributed by atoms with E-state index in [1.165, 1.54) is 0 Å². The lowest BCUT2D eigenvalue weighted by molar-refractivity contribution is -0.137. The van der Waals surface area contributed by atoms with Crippen LogP contribution >= 0.6 is 0 Å². The van der Waals surface area contributed by atoms with Crippen LogP contribution in [0, 0.1) is 11.3 Å². The Labute approximate surface area is 172 Å². The SMILES string of the molecule is CCC(C)c1ccccc1Nc1nc(Nc2ccc(C#N)cc2)ncc1C(F)(F)F. The van der Waals surface area contributed by atoms with E-state index in [0.29, 0.717) is 16.9 Å². The van der Waals surface area contributed by atoms with Crippen LogP contribution in [0.15, 0.2) is 54.7 Å². The molecule has 1 atom stereocenters. The van der Waals surface area contributed by atoms with Crippen molar-refractivity contribution in [2.45, 2.75) is 32.4 Å². The Morgan fingerprint density at radius 3 is 2.40 bits per heavy atom. The molecule has 0 bridgehead atoms. The topological polar surface area (TPSA) is 73.6 Å². The highest BCUT2D eigenvalue weighted by molar-refractivity contribution is 5.66. The van der Waals surface area contributed by atoms with Crippen molar-refractivity contribution < 1.29 is 13.2 Å². The van der Waals surface area contributed by atoms with Gasteiger partial charge in [0, 0.05) is 17.6 Å². The molecule has 3 aromatic rings. The highest BCUT2D eigenvalue weighted by Gasteiger charge is 2.35. The zero-order valence-corrected chi connectivity index (χ0v) is 16.5. The van der Waals surface area contributed by atoms with E-state index in [-0.39, 0.29) is 17.7 Å². The van der Waals surface area contributed by atoms with Gasteiger partial charge in [0.1, 0.15) is 11.4 Å². The van der Waals surface area contributed by atoms with Crippen molar-refractivity contribution in [2.24, 2.45) is 0 Å². The quantitative estimate of drug-likeness (QED) is 0.493. The van der Waals surface area contributed by atoms with Gasteiger partial charge in [-0.2, -0.15) is 23.4 Å². The van der Waals surface area contributed by atoms with Gasteiger partial charge in [0.15, 0.2) is 0 Å². The maximum absolute atomic E-state index is 13.5. The summed E-state index contributed by atoms with van der Waals surface area (Å²) in [6.45, 7) is 4.04. The first-order chi connectivity index (χ1) is 14.3. The van der Waals surface area contributed by atoms with E-state index in [4.69, 9.17) is 5.26 Å². The van der Waals surface area contributed by atoms with Crippen LogP contribution in [0.25, 0.3) is 0 Å². The van der Waals surface area contributed by atoms with Gasteiger partial charge >= 0.3 is 6.18 Å². The van der Waals surface area contributed by atoms with Crippen LogP contribution < -0.4 is 10.6 Å². The second kappa shape index (κ2) is 8.82. The van der Waals surface area contributed by atoms with Crippen molar-refractivity contribution in [3.8, 4) is 6.07 Å². The number of hydrogen-bond donors (Lipinski definition) is 2. The molecule has 0 saturated carbocycles. The number of aromatic nitrogens is 2. The summed E-state index contributed by atoms with van der Waals surface area (Å²) >= 11 is 0. The molecule has 0 fully saturated rings. The van der Waals surface area contributed by atoms with E-state index < -0.39 is 11.7 Å². The van der Waals surface area contributed by atoms with Gasteiger partial charge in [-0.15, -0.1) is 0 Å². The first-order valence-electron chi connectivity index (χ1n) is 9.39. The number of para-hydroxylation sites is 1. The Hall–Kier alpha value is -3.60. The van der Waals surface area contributed by atoms with Gasteiger partial charge in [-0.25, -0.2) is 4.98 Å². The molecule has 1 aromatic heterocycles. The van der Waals surface area contributed by atoms with Crippen molar-refractivity contribution >= 4 is 23.1 Å². The Kier molecular flexibility index (Phi) is 6.21. The summed E-state index contributed by atoms with van der Waals surface area (Å²) < 4.78 is 40.6. The molecule has 154 valence electrons. The summed E-state index contributed by atoms with van der Waals surface area (Å²) in [6.07, 6.45) is -3.01. The zero-order chi connectivity index (χ0) is 21.7. The molecule has 0 spiro atoms. The number of benzene rings is 2. The number of hydrogen-bond acceptors (Lipinski definition) is 5. The van der Waals surface area contributed by atoms with Crippen molar-refractivity contribution in [1.82, 2.24) is 9.97 Å². The highest BCUT2D eigenvalue weighted by atomic mass is 19.4. The molecule has 0 radical (unpaired) electrons. The molecular formula is C22H20F3N5. The van der Waals surface area contributed by atoms with Gasteiger partial charge in [0.2, 0.25) is 5.95 Å². The molecule has 0 saturated heterocycles. The molecule has 3 rings (SSSR count). The van der Waals surface area contributed by atoms with Crippen LogP contribution in [0.1, 0.15) is 42.9 Å². The van der Waals surface area contributed by atoms with Gasteiger partial charge in [0.25, 0.3) is 0 Å². The largest absolute Gasteiger partial charge is 0.421 e. The fraction of sp³-hybridized carbons (Fsp3) is 0.227. The second-order valence-corrected chi connectivity index (χ2v) is 6.79. The number of nitrogens with zero attached hydrogens (tertiary/aromatic N) is 3. The number of anilines is 4. The first-order valence-corrected chi connectivity index (χ1v) is 9.39.